The van der Waals surface area contributed by atoms with Gasteiger partial charge < -0.3 is 14.8 Å². The highest BCUT2D eigenvalue weighted by molar-refractivity contribution is 7.85. The number of amides is 1. The van der Waals surface area contributed by atoms with Crippen LogP contribution in [0.2, 0.25) is 0 Å². The topological polar surface area (TPSA) is 94.0 Å². The van der Waals surface area contributed by atoms with Crippen LogP contribution >= 0.6 is 0 Å². The zero-order valence-electron chi connectivity index (χ0n) is 32.0. The van der Waals surface area contributed by atoms with Crippen LogP contribution in [0.25, 0.3) is 0 Å². The van der Waals surface area contributed by atoms with Crippen molar-refractivity contribution in [2.45, 2.75) is 123 Å². The minimum absolute atomic E-state index is 0.104. The zero-order valence-corrected chi connectivity index (χ0v) is 32.9. The Bertz CT molecular complexity index is 1640. The molecule has 51 heavy (non-hydrogen) atoms. The summed E-state index contributed by atoms with van der Waals surface area (Å²) in [4.78, 5) is 16.1. The second kappa shape index (κ2) is 18.5. The van der Waals surface area contributed by atoms with Crippen LogP contribution in [0, 0.1) is 5.92 Å². The van der Waals surface area contributed by atoms with Gasteiger partial charge in [0.2, 0.25) is 5.91 Å². The van der Waals surface area contributed by atoms with E-state index in [0.29, 0.717) is 19.4 Å². The van der Waals surface area contributed by atoms with Crippen molar-refractivity contribution >= 4 is 27.4 Å². The first kappa shape index (κ1) is 40.6. The number of allylic oxidation sites excluding steroid dienone is 5. The second-order valence-electron chi connectivity index (χ2n) is 16.0. The zero-order chi connectivity index (χ0) is 37.1. The van der Waals surface area contributed by atoms with Gasteiger partial charge in [-0.25, -0.2) is 8.42 Å². The first-order chi connectivity index (χ1) is 24.2. The molecule has 2 aliphatic heterocycles. The maximum Gasteiger partial charge on any atom is 0.219 e. The largest absolute Gasteiger partial charge is 0.748 e. The highest BCUT2D eigenvalue weighted by atomic mass is 32.2. The highest BCUT2D eigenvalue weighted by Crippen LogP contribution is 2.47. The van der Waals surface area contributed by atoms with E-state index in [9.17, 15) is 17.8 Å². The molecule has 2 heterocycles. The molecule has 2 aromatic rings. The van der Waals surface area contributed by atoms with E-state index in [2.05, 4.69) is 125 Å². The van der Waals surface area contributed by atoms with Gasteiger partial charge in [0.15, 0.2) is 0 Å². The quantitative estimate of drug-likeness (QED) is 0.0826. The number of carbonyl (C=O) groups is 1. The van der Waals surface area contributed by atoms with Crippen molar-refractivity contribution in [2.75, 3.05) is 30.3 Å². The normalized spacial score (nSPS) is 20.2. The summed E-state index contributed by atoms with van der Waals surface area (Å²) < 4.78 is 34.0. The van der Waals surface area contributed by atoms with E-state index >= 15 is 0 Å². The number of carbonyl (C=O) groups excluding carboxylic acids is 1. The van der Waals surface area contributed by atoms with Crippen molar-refractivity contribution in [2.24, 2.45) is 5.92 Å². The third-order valence-corrected chi connectivity index (χ3v) is 11.6. The number of hydrogen-bond acceptors (Lipinski definition) is 5. The average molecular weight is 718 g/mol. The predicted molar refractivity (Wildman–Crippen MR) is 211 cm³/mol. The Kier molecular flexibility index (Phi) is 14.7. The number of hydrogen-bond donors (Lipinski definition) is 2. The lowest BCUT2D eigenvalue weighted by Gasteiger charge is -2.27. The third kappa shape index (κ3) is 11.1. The molecule has 8 heteroatoms. The van der Waals surface area contributed by atoms with Crippen LogP contribution < -0.4 is 15.1 Å². The van der Waals surface area contributed by atoms with Crippen molar-refractivity contribution in [3.05, 3.63) is 95.7 Å². The molecular formula is C43H63N3O4S. The molecule has 2 atom stereocenters. The molecule has 2 N–H and O–H groups in total. The van der Waals surface area contributed by atoms with Crippen LogP contribution in [-0.2, 0) is 25.7 Å². The molecule has 0 aliphatic carbocycles. The number of quaternary nitrogens is 1. The summed E-state index contributed by atoms with van der Waals surface area (Å²) in [6.45, 7) is 15.9. The van der Waals surface area contributed by atoms with Crippen LogP contribution in [0.5, 0.6) is 0 Å². The Hall–Kier alpha value is -3.20. The van der Waals surface area contributed by atoms with Crippen molar-refractivity contribution in [3.8, 4) is 0 Å². The van der Waals surface area contributed by atoms with Gasteiger partial charge in [0.25, 0.3) is 0 Å². The fraction of sp³-hybridized carbons (Fsp3) is 0.558. The number of benzene rings is 2. The highest BCUT2D eigenvalue weighted by Gasteiger charge is 2.47. The minimum Gasteiger partial charge on any atom is -0.748 e. The molecule has 7 nitrogen and oxygen atoms in total. The van der Waals surface area contributed by atoms with Crippen molar-refractivity contribution in [3.63, 3.8) is 0 Å². The van der Waals surface area contributed by atoms with Crippen molar-refractivity contribution in [1.29, 1.82) is 0 Å². The van der Waals surface area contributed by atoms with Crippen LogP contribution in [-0.4, -0.2) is 50.3 Å². The number of nitrogens with one attached hydrogen (secondary N) is 2. The van der Waals surface area contributed by atoms with Crippen LogP contribution in [0.1, 0.15) is 117 Å². The maximum absolute atomic E-state index is 12.4. The molecule has 2 unspecified atom stereocenters. The first-order valence-electron chi connectivity index (χ1n) is 19.3. The van der Waals surface area contributed by atoms with Gasteiger partial charge >= 0.3 is 0 Å². The van der Waals surface area contributed by atoms with Crippen LogP contribution in [0.15, 0.2) is 84.6 Å². The SMILES string of the molecule is CC(C)CCCCCCNC(=O)CCCCCN1/C(=C/C=C/C=C/C2[NH+](CCCS(=O)(=O)[O-])c3ccccc3C2(C)C)C(C)(C)c2ccccc21. The maximum atomic E-state index is 12.4. The van der Waals surface area contributed by atoms with Gasteiger partial charge in [0.05, 0.1) is 22.1 Å². The minimum atomic E-state index is -4.25. The molecule has 0 radical (unpaired) electrons. The molecule has 0 saturated heterocycles. The summed E-state index contributed by atoms with van der Waals surface area (Å²) >= 11 is 0. The molecule has 4 rings (SSSR count). The summed E-state index contributed by atoms with van der Waals surface area (Å²) in [5, 5.41) is 3.12. The average Bonchev–Trinajstić information content (AvgIpc) is 3.42. The molecule has 0 spiro atoms. The summed E-state index contributed by atoms with van der Waals surface area (Å²) in [6.07, 6.45) is 20.7. The number of unbranched alkanes of at least 4 members (excludes halogenated alkanes) is 5. The van der Waals surface area contributed by atoms with E-state index in [1.165, 1.54) is 58.8 Å². The Morgan fingerprint density at radius 2 is 1.57 bits per heavy atom. The van der Waals surface area contributed by atoms with Gasteiger partial charge in [0.1, 0.15) is 11.7 Å². The first-order valence-corrected chi connectivity index (χ1v) is 20.9. The van der Waals surface area contributed by atoms with Gasteiger partial charge in [-0.05, 0) is 68.9 Å². The summed E-state index contributed by atoms with van der Waals surface area (Å²) in [5.41, 5.74) is 6.00. The second-order valence-corrected chi connectivity index (χ2v) is 17.5. The smallest absolute Gasteiger partial charge is 0.219 e. The van der Waals surface area contributed by atoms with E-state index in [4.69, 9.17) is 0 Å². The molecule has 0 aromatic heterocycles. The third-order valence-electron chi connectivity index (χ3n) is 10.9. The number of fused-ring (bicyclic) bond motifs is 2. The Morgan fingerprint density at radius 3 is 2.31 bits per heavy atom. The van der Waals surface area contributed by atoms with E-state index in [-0.39, 0.29) is 28.5 Å². The van der Waals surface area contributed by atoms with E-state index in [0.717, 1.165) is 44.7 Å². The number of rotatable bonds is 20. The molecule has 0 saturated carbocycles. The molecule has 2 aromatic carbocycles. The number of para-hydroxylation sites is 2. The van der Waals surface area contributed by atoms with E-state index in [1.54, 1.807) is 0 Å². The van der Waals surface area contributed by atoms with Crippen LogP contribution in [0.3, 0.4) is 0 Å². The lowest BCUT2D eigenvalue weighted by Crippen LogP contribution is -3.10. The van der Waals surface area contributed by atoms with E-state index in [1.807, 2.05) is 6.07 Å². The molecule has 2 aliphatic rings. The predicted octanol–water partition coefficient (Wildman–Crippen LogP) is 7.88. The summed E-state index contributed by atoms with van der Waals surface area (Å²) in [5.74, 6) is 0.605. The van der Waals surface area contributed by atoms with Gasteiger partial charge in [-0.3, -0.25) is 9.69 Å². The van der Waals surface area contributed by atoms with Gasteiger partial charge in [-0.1, -0.05) is 114 Å². The van der Waals surface area contributed by atoms with Crippen molar-refractivity contribution < 1.29 is 22.7 Å². The monoisotopic (exact) mass is 717 g/mol. The van der Waals surface area contributed by atoms with Crippen LogP contribution in [0.4, 0.5) is 11.4 Å². The molecule has 280 valence electrons. The fourth-order valence-corrected chi connectivity index (χ4v) is 8.53. The lowest BCUT2D eigenvalue weighted by molar-refractivity contribution is -0.850. The molecular weight excluding hydrogens is 655 g/mol. The summed E-state index contributed by atoms with van der Waals surface area (Å²) in [7, 11) is -4.25. The van der Waals surface area contributed by atoms with Gasteiger partial charge in [0, 0.05) is 54.0 Å². The van der Waals surface area contributed by atoms with Gasteiger partial charge in [-0.2, -0.15) is 0 Å². The number of anilines is 1. The molecule has 0 fully saturated rings. The standard InChI is InChI=1S/C43H63N3O4S/c1-34(2)22-11-7-8-19-30-44-41(47)29-14-10-20-31-45-37-25-17-15-23-35(37)42(3,4)39(45)27-12-9-13-28-40-43(5,6)36-24-16-18-26-38(36)46(40)32-21-33-51(48,49)50/h9,12-13,15-18,23-28,34,40H,7-8,10-11,14,19-22,29-33H2,1-6H3,(H,44,47)(H,48,49,50)/b12-9+,28-13+,39-27+. The number of nitrogens with zero attached hydrogens (tertiary/aromatic N) is 1. The Labute approximate surface area is 309 Å². The van der Waals surface area contributed by atoms with Gasteiger partial charge in [-0.15, -0.1) is 0 Å². The molecule has 1 amide bonds. The Morgan fingerprint density at radius 1 is 0.882 bits per heavy atom. The Balaban J connectivity index is 1.34. The fourth-order valence-electron chi connectivity index (χ4n) is 8.03. The van der Waals surface area contributed by atoms with Crippen molar-refractivity contribution in [1.82, 2.24) is 5.32 Å². The van der Waals surface area contributed by atoms with E-state index < -0.39 is 10.1 Å². The summed E-state index contributed by atoms with van der Waals surface area (Å²) in [6, 6.07) is 17.1. The lowest BCUT2D eigenvalue weighted by atomic mass is 9.80. The molecule has 0 bridgehead atoms.